The van der Waals surface area contributed by atoms with Crippen molar-refractivity contribution in [1.29, 1.82) is 0 Å². The number of amides is 1. The van der Waals surface area contributed by atoms with Gasteiger partial charge in [0.25, 0.3) is 5.91 Å². The minimum Gasteiger partial charge on any atom is -0.398 e. The summed E-state index contributed by atoms with van der Waals surface area (Å²) in [6, 6.07) is 5.99. The molecule has 0 saturated heterocycles. The standard InChI is InChI=1S/C13H18N2O2/c1-5-10-7-6-9(2)8-11(10)12(15-17-4)13(16)14-3/h6-8H,5H2,1-4H3,(H,14,16)/b15-12-. The summed E-state index contributed by atoms with van der Waals surface area (Å²) in [6.45, 7) is 4.03. The third-order valence-corrected chi connectivity index (χ3v) is 2.53. The number of hydrogen-bond donors (Lipinski definition) is 1. The Morgan fingerprint density at radius 3 is 2.71 bits per heavy atom. The van der Waals surface area contributed by atoms with Crippen molar-refractivity contribution in [1.82, 2.24) is 5.32 Å². The Kier molecular flexibility index (Phi) is 4.69. The van der Waals surface area contributed by atoms with Crippen molar-refractivity contribution in [3.63, 3.8) is 0 Å². The molecule has 0 aliphatic carbocycles. The second-order valence-corrected chi connectivity index (χ2v) is 3.72. The molecule has 0 radical (unpaired) electrons. The van der Waals surface area contributed by atoms with Gasteiger partial charge in [0.1, 0.15) is 7.11 Å². The van der Waals surface area contributed by atoms with Crippen LogP contribution < -0.4 is 5.32 Å². The predicted octanol–water partition coefficient (Wildman–Crippen LogP) is 1.65. The molecule has 4 heteroatoms. The minimum atomic E-state index is -0.243. The van der Waals surface area contributed by atoms with Gasteiger partial charge in [0.15, 0.2) is 5.71 Å². The molecule has 1 aromatic carbocycles. The van der Waals surface area contributed by atoms with Crippen LogP contribution >= 0.6 is 0 Å². The molecule has 1 rings (SSSR count). The molecule has 0 fully saturated rings. The summed E-state index contributed by atoms with van der Waals surface area (Å²) in [5, 5.41) is 6.39. The van der Waals surface area contributed by atoms with Gasteiger partial charge in [-0.3, -0.25) is 4.79 Å². The van der Waals surface area contributed by atoms with E-state index in [9.17, 15) is 4.79 Å². The van der Waals surface area contributed by atoms with Gasteiger partial charge in [0.05, 0.1) is 0 Å². The average molecular weight is 234 g/mol. The van der Waals surface area contributed by atoms with Crippen LogP contribution in [0.15, 0.2) is 23.4 Å². The Hall–Kier alpha value is -1.84. The average Bonchev–Trinajstić information content (AvgIpc) is 2.35. The van der Waals surface area contributed by atoms with Gasteiger partial charge in [0.2, 0.25) is 0 Å². The molecule has 0 aliphatic rings. The third-order valence-electron chi connectivity index (χ3n) is 2.53. The molecule has 0 atom stereocenters. The first-order chi connectivity index (χ1) is 8.13. The van der Waals surface area contributed by atoms with E-state index in [-0.39, 0.29) is 5.91 Å². The van der Waals surface area contributed by atoms with Crippen LogP contribution in [0.1, 0.15) is 23.6 Å². The highest BCUT2D eigenvalue weighted by atomic mass is 16.6. The number of aryl methyl sites for hydroxylation is 2. The molecular weight excluding hydrogens is 216 g/mol. The van der Waals surface area contributed by atoms with E-state index in [0.717, 1.165) is 23.1 Å². The maximum absolute atomic E-state index is 11.8. The lowest BCUT2D eigenvalue weighted by Gasteiger charge is -2.10. The molecule has 0 spiro atoms. The number of rotatable bonds is 4. The fourth-order valence-corrected chi connectivity index (χ4v) is 1.64. The number of hydrogen-bond acceptors (Lipinski definition) is 3. The van der Waals surface area contributed by atoms with E-state index in [4.69, 9.17) is 4.84 Å². The van der Waals surface area contributed by atoms with Gasteiger partial charge in [-0.1, -0.05) is 29.8 Å². The van der Waals surface area contributed by atoms with Gasteiger partial charge < -0.3 is 10.2 Å². The fraction of sp³-hybridized carbons (Fsp3) is 0.385. The van der Waals surface area contributed by atoms with Crippen LogP contribution in [0, 0.1) is 6.92 Å². The Morgan fingerprint density at radius 2 is 2.18 bits per heavy atom. The van der Waals surface area contributed by atoms with Crippen molar-refractivity contribution in [3.8, 4) is 0 Å². The maximum Gasteiger partial charge on any atom is 0.273 e. The molecule has 17 heavy (non-hydrogen) atoms. The Balaban J connectivity index is 3.31. The van der Waals surface area contributed by atoms with Crippen molar-refractivity contribution in [2.75, 3.05) is 14.2 Å². The van der Waals surface area contributed by atoms with E-state index in [0.29, 0.717) is 5.71 Å². The fourth-order valence-electron chi connectivity index (χ4n) is 1.64. The van der Waals surface area contributed by atoms with Crippen LogP contribution in [0.2, 0.25) is 0 Å². The Morgan fingerprint density at radius 1 is 1.47 bits per heavy atom. The van der Waals surface area contributed by atoms with Crippen molar-refractivity contribution in [2.45, 2.75) is 20.3 Å². The number of nitrogens with zero attached hydrogens (tertiary/aromatic N) is 1. The second kappa shape index (κ2) is 6.03. The number of oxime groups is 1. The third kappa shape index (κ3) is 3.06. The van der Waals surface area contributed by atoms with Gasteiger partial charge in [-0.15, -0.1) is 0 Å². The topological polar surface area (TPSA) is 50.7 Å². The highest BCUT2D eigenvalue weighted by Crippen LogP contribution is 2.14. The minimum absolute atomic E-state index is 0.243. The first-order valence-corrected chi connectivity index (χ1v) is 5.57. The lowest BCUT2D eigenvalue weighted by atomic mass is 9.98. The summed E-state index contributed by atoms with van der Waals surface area (Å²) in [5.41, 5.74) is 3.31. The molecule has 4 nitrogen and oxygen atoms in total. The number of benzene rings is 1. The van der Waals surface area contributed by atoms with Gasteiger partial charge in [-0.2, -0.15) is 0 Å². The predicted molar refractivity (Wildman–Crippen MR) is 68.2 cm³/mol. The van der Waals surface area contributed by atoms with Gasteiger partial charge in [-0.05, 0) is 25.0 Å². The van der Waals surface area contributed by atoms with Crippen LogP contribution in [0.3, 0.4) is 0 Å². The molecule has 0 aromatic heterocycles. The van der Waals surface area contributed by atoms with Crippen molar-refractivity contribution in [2.24, 2.45) is 5.16 Å². The van der Waals surface area contributed by atoms with Gasteiger partial charge in [-0.25, -0.2) is 0 Å². The van der Waals surface area contributed by atoms with E-state index in [2.05, 4.69) is 10.5 Å². The molecule has 1 aromatic rings. The summed E-state index contributed by atoms with van der Waals surface area (Å²) in [5.74, 6) is -0.243. The number of nitrogens with one attached hydrogen (secondary N) is 1. The zero-order chi connectivity index (χ0) is 12.8. The van der Waals surface area contributed by atoms with Crippen LogP contribution in [-0.2, 0) is 16.1 Å². The lowest BCUT2D eigenvalue weighted by Crippen LogP contribution is -2.29. The molecule has 1 amide bonds. The molecule has 0 saturated carbocycles. The van der Waals surface area contributed by atoms with Gasteiger partial charge in [0, 0.05) is 12.6 Å². The first-order valence-electron chi connectivity index (χ1n) is 5.57. The first kappa shape index (κ1) is 13.2. The molecular formula is C13H18N2O2. The highest BCUT2D eigenvalue weighted by molar-refractivity contribution is 6.45. The van der Waals surface area contributed by atoms with E-state index in [1.165, 1.54) is 7.11 Å². The zero-order valence-electron chi connectivity index (χ0n) is 10.7. The number of likely N-dealkylation sites (N-methyl/N-ethyl adjacent to an activating group) is 1. The monoisotopic (exact) mass is 234 g/mol. The molecule has 0 bridgehead atoms. The maximum atomic E-state index is 11.8. The quantitative estimate of drug-likeness (QED) is 0.636. The van der Waals surface area contributed by atoms with Crippen molar-refractivity contribution < 1.29 is 9.63 Å². The largest absolute Gasteiger partial charge is 0.398 e. The summed E-state index contributed by atoms with van der Waals surface area (Å²) in [6.07, 6.45) is 0.843. The SMILES string of the molecule is CCc1ccc(C)cc1/C(=N/OC)C(=O)NC. The van der Waals surface area contributed by atoms with Crippen LogP contribution in [0.25, 0.3) is 0 Å². The van der Waals surface area contributed by atoms with Crippen molar-refractivity contribution in [3.05, 3.63) is 34.9 Å². The number of carbonyl (C=O) groups excluding carboxylic acids is 1. The molecule has 0 aliphatic heterocycles. The molecule has 0 unspecified atom stereocenters. The highest BCUT2D eigenvalue weighted by Gasteiger charge is 2.16. The lowest BCUT2D eigenvalue weighted by molar-refractivity contribution is -0.114. The smallest absolute Gasteiger partial charge is 0.273 e. The van der Waals surface area contributed by atoms with E-state index in [1.807, 2.05) is 32.0 Å². The summed E-state index contributed by atoms with van der Waals surface area (Å²) < 4.78 is 0. The van der Waals surface area contributed by atoms with Crippen LogP contribution in [0.5, 0.6) is 0 Å². The summed E-state index contributed by atoms with van der Waals surface area (Å²) >= 11 is 0. The van der Waals surface area contributed by atoms with Gasteiger partial charge >= 0.3 is 0 Å². The Labute approximate surface area is 102 Å². The van der Waals surface area contributed by atoms with Crippen molar-refractivity contribution >= 4 is 11.6 Å². The normalized spacial score (nSPS) is 11.2. The molecule has 1 N–H and O–H groups in total. The zero-order valence-corrected chi connectivity index (χ0v) is 10.7. The molecule has 92 valence electrons. The van der Waals surface area contributed by atoms with E-state index in [1.54, 1.807) is 7.05 Å². The van der Waals surface area contributed by atoms with E-state index >= 15 is 0 Å². The summed E-state index contributed by atoms with van der Waals surface area (Å²) in [4.78, 5) is 16.5. The second-order valence-electron chi connectivity index (χ2n) is 3.72. The van der Waals surface area contributed by atoms with Crippen LogP contribution in [-0.4, -0.2) is 25.8 Å². The molecule has 0 heterocycles. The van der Waals surface area contributed by atoms with Crippen LogP contribution in [0.4, 0.5) is 0 Å². The number of carbonyl (C=O) groups is 1. The van der Waals surface area contributed by atoms with E-state index < -0.39 is 0 Å². The Bertz CT molecular complexity index is 439. The summed E-state index contributed by atoms with van der Waals surface area (Å²) in [7, 11) is 3.01.